The zero-order valence-electron chi connectivity index (χ0n) is 21.8. The summed E-state index contributed by atoms with van der Waals surface area (Å²) in [6.07, 6.45) is 0. The monoisotopic (exact) mass is 500 g/mol. The van der Waals surface area contributed by atoms with Crippen LogP contribution in [0.3, 0.4) is 0 Å². The zero-order valence-corrected chi connectivity index (χ0v) is 21.8. The van der Waals surface area contributed by atoms with E-state index in [-0.39, 0.29) is 0 Å². The van der Waals surface area contributed by atoms with E-state index in [1.165, 1.54) is 61.1 Å². The first kappa shape index (κ1) is 23.1. The standard InChI is InChI=1S/C37H28N2/c1-38(30-11-4-2-5-12-30)31-25-23-28(24-26-31)27-19-21-29(22-20-27)33-16-10-18-36-37(33)34-15-8-9-17-35(34)39(36)32-13-6-3-7-14-32/h2-26H,1H3. The van der Waals surface area contributed by atoms with Gasteiger partial charge in [0.1, 0.15) is 0 Å². The Bertz CT molecular complexity index is 1880. The quantitative estimate of drug-likeness (QED) is 0.228. The Morgan fingerprint density at radius 1 is 0.436 bits per heavy atom. The molecule has 0 bridgehead atoms. The molecule has 0 saturated carbocycles. The minimum atomic E-state index is 1.17. The highest BCUT2D eigenvalue weighted by atomic mass is 15.1. The average Bonchev–Trinajstić information content (AvgIpc) is 3.36. The van der Waals surface area contributed by atoms with E-state index in [1.807, 2.05) is 6.07 Å². The van der Waals surface area contributed by atoms with Crippen molar-refractivity contribution in [2.75, 3.05) is 11.9 Å². The zero-order chi connectivity index (χ0) is 26.2. The molecule has 2 heteroatoms. The molecule has 0 atom stereocenters. The van der Waals surface area contributed by atoms with E-state index in [4.69, 9.17) is 0 Å². The van der Waals surface area contributed by atoms with Gasteiger partial charge in [0.25, 0.3) is 0 Å². The fraction of sp³-hybridized carbons (Fsp3) is 0.0270. The minimum absolute atomic E-state index is 1.17. The van der Waals surface area contributed by atoms with Crippen LogP contribution in [0.15, 0.2) is 152 Å². The third kappa shape index (κ3) is 4.07. The number of benzene rings is 6. The number of aromatic nitrogens is 1. The molecule has 2 nitrogen and oxygen atoms in total. The van der Waals surface area contributed by atoms with Crippen LogP contribution in [-0.4, -0.2) is 11.6 Å². The maximum absolute atomic E-state index is 2.37. The number of nitrogens with zero attached hydrogens (tertiary/aromatic N) is 2. The first-order valence-corrected chi connectivity index (χ1v) is 13.4. The summed E-state index contributed by atoms with van der Waals surface area (Å²) in [4.78, 5) is 2.21. The molecular formula is C37H28N2. The van der Waals surface area contributed by atoms with Gasteiger partial charge in [-0.15, -0.1) is 0 Å². The van der Waals surface area contributed by atoms with Crippen molar-refractivity contribution in [2.45, 2.75) is 0 Å². The van der Waals surface area contributed by atoms with Crippen molar-refractivity contribution in [1.29, 1.82) is 0 Å². The lowest BCUT2D eigenvalue weighted by Crippen LogP contribution is -2.08. The molecule has 0 saturated heterocycles. The second-order valence-electron chi connectivity index (χ2n) is 9.91. The van der Waals surface area contributed by atoms with Crippen molar-refractivity contribution < 1.29 is 0 Å². The van der Waals surface area contributed by atoms with E-state index < -0.39 is 0 Å². The van der Waals surface area contributed by atoms with Crippen LogP contribution in [0.1, 0.15) is 0 Å². The highest BCUT2D eigenvalue weighted by molar-refractivity contribution is 6.15. The number of para-hydroxylation sites is 3. The van der Waals surface area contributed by atoms with Gasteiger partial charge in [-0.2, -0.15) is 0 Å². The summed E-state index contributed by atoms with van der Waals surface area (Å²) in [7, 11) is 2.11. The molecule has 0 aliphatic carbocycles. The maximum atomic E-state index is 2.37. The molecule has 0 amide bonds. The smallest absolute Gasteiger partial charge is 0.0547 e. The van der Waals surface area contributed by atoms with E-state index in [1.54, 1.807) is 0 Å². The SMILES string of the molecule is CN(c1ccccc1)c1ccc(-c2ccc(-c3cccc4c3c3ccccc3n4-c3ccccc3)cc2)cc1. The largest absolute Gasteiger partial charge is 0.345 e. The van der Waals surface area contributed by atoms with E-state index in [9.17, 15) is 0 Å². The molecule has 0 fully saturated rings. The highest BCUT2D eigenvalue weighted by Gasteiger charge is 2.15. The first-order valence-electron chi connectivity index (χ1n) is 13.4. The van der Waals surface area contributed by atoms with Crippen LogP contribution in [-0.2, 0) is 0 Å². The summed E-state index contributed by atoms with van der Waals surface area (Å²) in [6, 6.07) is 54.2. The van der Waals surface area contributed by atoms with Crippen molar-refractivity contribution in [3.8, 4) is 27.9 Å². The second kappa shape index (κ2) is 9.66. The Morgan fingerprint density at radius 2 is 0.974 bits per heavy atom. The number of fused-ring (bicyclic) bond motifs is 3. The Labute approximate surface area is 229 Å². The number of rotatable bonds is 5. The summed E-state index contributed by atoms with van der Waals surface area (Å²) in [5.74, 6) is 0. The molecule has 39 heavy (non-hydrogen) atoms. The molecule has 0 radical (unpaired) electrons. The van der Waals surface area contributed by atoms with Crippen LogP contribution in [0.25, 0.3) is 49.7 Å². The summed E-state index contributed by atoms with van der Waals surface area (Å²) in [6.45, 7) is 0. The molecule has 0 aliphatic heterocycles. The molecule has 7 rings (SSSR count). The number of anilines is 2. The molecule has 1 heterocycles. The molecule has 1 aromatic heterocycles. The summed E-state index contributed by atoms with van der Waals surface area (Å²) < 4.78 is 2.37. The third-order valence-corrected chi connectivity index (χ3v) is 7.64. The van der Waals surface area contributed by atoms with Crippen LogP contribution in [0.2, 0.25) is 0 Å². The maximum Gasteiger partial charge on any atom is 0.0547 e. The third-order valence-electron chi connectivity index (χ3n) is 7.64. The van der Waals surface area contributed by atoms with Crippen LogP contribution < -0.4 is 4.90 Å². The van der Waals surface area contributed by atoms with Gasteiger partial charge in [-0.25, -0.2) is 0 Å². The van der Waals surface area contributed by atoms with Crippen molar-refractivity contribution in [3.05, 3.63) is 152 Å². The number of hydrogen-bond donors (Lipinski definition) is 0. The van der Waals surface area contributed by atoms with Crippen molar-refractivity contribution in [2.24, 2.45) is 0 Å². The van der Waals surface area contributed by atoms with Crippen molar-refractivity contribution >= 4 is 33.2 Å². The van der Waals surface area contributed by atoms with Crippen molar-refractivity contribution in [1.82, 2.24) is 4.57 Å². The highest BCUT2D eigenvalue weighted by Crippen LogP contribution is 2.39. The molecule has 0 aliphatic rings. The Kier molecular flexibility index (Phi) is 5.71. The van der Waals surface area contributed by atoms with E-state index in [0.29, 0.717) is 0 Å². The summed E-state index contributed by atoms with van der Waals surface area (Å²) >= 11 is 0. The van der Waals surface area contributed by atoms with Gasteiger partial charge in [0, 0.05) is 34.9 Å². The van der Waals surface area contributed by atoms with Gasteiger partial charge in [-0.05, 0) is 70.8 Å². The molecule has 186 valence electrons. The Morgan fingerprint density at radius 3 is 1.69 bits per heavy atom. The fourth-order valence-electron chi connectivity index (χ4n) is 5.64. The summed E-state index contributed by atoms with van der Waals surface area (Å²) in [5, 5.41) is 2.56. The Hall–Kier alpha value is -5.08. The van der Waals surface area contributed by atoms with Crippen LogP contribution >= 0.6 is 0 Å². The van der Waals surface area contributed by atoms with Gasteiger partial charge < -0.3 is 9.47 Å². The van der Waals surface area contributed by atoms with Gasteiger partial charge >= 0.3 is 0 Å². The lowest BCUT2D eigenvalue weighted by atomic mass is 9.97. The fourth-order valence-corrected chi connectivity index (χ4v) is 5.64. The topological polar surface area (TPSA) is 8.17 Å². The Balaban J connectivity index is 1.26. The predicted molar refractivity (Wildman–Crippen MR) is 166 cm³/mol. The second-order valence-corrected chi connectivity index (χ2v) is 9.91. The molecule has 7 aromatic rings. The molecule has 0 unspecified atom stereocenters. The van der Waals surface area contributed by atoms with Gasteiger partial charge in [0.05, 0.1) is 11.0 Å². The number of hydrogen-bond acceptors (Lipinski definition) is 1. The molecular weight excluding hydrogens is 472 g/mol. The molecule has 0 N–H and O–H groups in total. The summed E-state index contributed by atoms with van der Waals surface area (Å²) in [5.41, 5.74) is 10.9. The molecule has 0 spiro atoms. The van der Waals surface area contributed by atoms with Crippen LogP contribution in [0.4, 0.5) is 11.4 Å². The average molecular weight is 501 g/mol. The van der Waals surface area contributed by atoms with Gasteiger partial charge in [0.15, 0.2) is 0 Å². The normalized spacial score (nSPS) is 11.2. The van der Waals surface area contributed by atoms with Gasteiger partial charge in [0.2, 0.25) is 0 Å². The molecule has 6 aromatic carbocycles. The first-order chi connectivity index (χ1) is 19.3. The van der Waals surface area contributed by atoms with Crippen LogP contribution in [0, 0.1) is 0 Å². The van der Waals surface area contributed by atoms with E-state index >= 15 is 0 Å². The van der Waals surface area contributed by atoms with Gasteiger partial charge in [-0.1, -0.05) is 103 Å². The lowest BCUT2D eigenvalue weighted by Gasteiger charge is -2.19. The lowest BCUT2D eigenvalue weighted by molar-refractivity contribution is 1.18. The van der Waals surface area contributed by atoms with E-state index in [0.717, 1.165) is 0 Å². The van der Waals surface area contributed by atoms with Crippen LogP contribution in [0.5, 0.6) is 0 Å². The predicted octanol–water partition coefficient (Wildman–Crippen LogP) is 9.89. The van der Waals surface area contributed by atoms with Crippen molar-refractivity contribution in [3.63, 3.8) is 0 Å². The van der Waals surface area contributed by atoms with E-state index in [2.05, 4.69) is 162 Å². The minimum Gasteiger partial charge on any atom is -0.345 e. The van der Waals surface area contributed by atoms with Gasteiger partial charge in [-0.3, -0.25) is 0 Å².